The van der Waals surface area contributed by atoms with E-state index in [-0.39, 0.29) is 5.54 Å². The van der Waals surface area contributed by atoms with E-state index < -0.39 is 8.80 Å². The molecule has 0 aromatic heterocycles. The molecule has 0 amide bonds. The molecule has 104 valence electrons. The molecule has 0 saturated heterocycles. The van der Waals surface area contributed by atoms with Gasteiger partial charge >= 0.3 is 8.80 Å². The van der Waals surface area contributed by atoms with Gasteiger partial charge in [0.2, 0.25) is 0 Å². The van der Waals surface area contributed by atoms with Crippen molar-refractivity contribution in [2.24, 2.45) is 5.73 Å². The third-order valence-electron chi connectivity index (χ3n) is 2.41. The van der Waals surface area contributed by atoms with Crippen LogP contribution in [-0.4, -0.2) is 48.3 Å². The van der Waals surface area contributed by atoms with Gasteiger partial charge in [-0.05, 0) is 20.8 Å². The Labute approximate surface area is 106 Å². The van der Waals surface area contributed by atoms with Crippen molar-refractivity contribution in [2.45, 2.75) is 33.2 Å². The molecule has 0 radical (unpaired) electrons. The van der Waals surface area contributed by atoms with Crippen LogP contribution in [0.5, 0.6) is 0 Å². The van der Waals surface area contributed by atoms with E-state index >= 15 is 0 Å². The Morgan fingerprint density at radius 3 is 1.88 bits per heavy atom. The summed E-state index contributed by atoms with van der Waals surface area (Å²) in [6, 6.07) is 0. The predicted octanol–water partition coefficient (Wildman–Crippen LogP) is 0.973. The molecule has 3 N–H and O–H groups in total. The highest BCUT2D eigenvalue weighted by molar-refractivity contribution is 6.62. The SMILES string of the molecule is CCO[Si](OCC)(OCC)C(C)CNCCN. The molecule has 6 heteroatoms. The molecule has 17 heavy (non-hydrogen) atoms. The molecular weight excluding hydrogens is 236 g/mol. The molecule has 1 unspecified atom stereocenters. The van der Waals surface area contributed by atoms with Crippen LogP contribution in [0.1, 0.15) is 27.7 Å². The van der Waals surface area contributed by atoms with E-state index in [0.717, 1.165) is 13.1 Å². The van der Waals surface area contributed by atoms with Crippen molar-refractivity contribution >= 4 is 8.80 Å². The highest BCUT2D eigenvalue weighted by Crippen LogP contribution is 2.25. The van der Waals surface area contributed by atoms with E-state index in [9.17, 15) is 0 Å². The van der Waals surface area contributed by atoms with E-state index in [1.54, 1.807) is 0 Å². The van der Waals surface area contributed by atoms with E-state index in [1.165, 1.54) is 0 Å². The van der Waals surface area contributed by atoms with Gasteiger partial charge in [-0.25, -0.2) is 0 Å². The fourth-order valence-electron chi connectivity index (χ4n) is 1.70. The summed E-state index contributed by atoms with van der Waals surface area (Å²) in [5.74, 6) is 0. The molecule has 0 aliphatic carbocycles. The highest BCUT2D eigenvalue weighted by Gasteiger charge is 2.46. The Hall–Kier alpha value is 0.0169. The minimum Gasteiger partial charge on any atom is -0.374 e. The van der Waals surface area contributed by atoms with Gasteiger partial charge in [0.05, 0.1) is 0 Å². The zero-order valence-electron chi connectivity index (χ0n) is 11.6. The standard InChI is InChI=1S/C11H28N2O3Si/c1-5-14-17(15-6-2,16-7-3)11(4)10-13-9-8-12/h11,13H,5-10,12H2,1-4H3. The zero-order valence-corrected chi connectivity index (χ0v) is 12.6. The zero-order chi connectivity index (χ0) is 13.1. The molecule has 0 aromatic carbocycles. The van der Waals surface area contributed by atoms with Crippen LogP contribution in [0.2, 0.25) is 5.54 Å². The van der Waals surface area contributed by atoms with E-state index in [0.29, 0.717) is 26.4 Å². The Balaban J connectivity index is 4.48. The van der Waals surface area contributed by atoms with Gasteiger partial charge in [0.15, 0.2) is 0 Å². The molecule has 0 rings (SSSR count). The maximum Gasteiger partial charge on any atom is 0.505 e. The van der Waals surface area contributed by atoms with Gasteiger partial charge in [-0.15, -0.1) is 0 Å². The summed E-state index contributed by atoms with van der Waals surface area (Å²) in [7, 11) is -2.55. The van der Waals surface area contributed by atoms with Crippen LogP contribution in [0.4, 0.5) is 0 Å². The van der Waals surface area contributed by atoms with Crippen molar-refractivity contribution in [2.75, 3.05) is 39.5 Å². The summed E-state index contributed by atoms with van der Waals surface area (Å²) in [5.41, 5.74) is 5.69. The molecule has 0 aromatic rings. The maximum absolute atomic E-state index is 5.83. The average molecular weight is 264 g/mol. The highest BCUT2D eigenvalue weighted by atomic mass is 28.4. The van der Waals surface area contributed by atoms with Crippen molar-refractivity contribution in [1.82, 2.24) is 5.32 Å². The third kappa shape index (κ3) is 5.94. The fourth-order valence-corrected chi connectivity index (χ4v) is 4.41. The number of nitrogens with one attached hydrogen (secondary N) is 1. The number of hydrogen-bond donors (Lipinski definition) is 2. The van der Waals surface area contributed by atoms with Gasteiger partial charge in [0.25, 0.3) is 0 Å². The molecule has 5 nitrogen and oxygen atoms in total. The largest absolute Gasteiger partial charge is 0.505 e. The number of rotatable bonds is 11. The minimum absolute atomic E-state index is 0.230. The molecule has 0 bridgehead atoms. The molecule has 0 spiro atoms. The van der Waals surface area contributed by atoms with Crippen LogP contribution < -0.4 is 11.1 Å². The van der Waals surface area contributed by atoms with Crippen molar-refractivity contribution < 1.29 is 13.3 Å². The lowest BCUT2D eigenvalue weighted by atomic mass is 10.4. The summed E-state index contributed by atoms with van der Waals surface area (Å²) in [6.07, 6.45) is 0. The van der Waals surface area contributed by atoms with Crippen LogP contribution in [0.15, 0.2) is 0 Å². The van der Waals surface area contributed by atoms with Gasteiger partial charge in [0.1, 0.15) is 0 Å². The first-order chi connectivity index (χ1) is 8.16. The summed E-state index contributed by atoms with van der Waals surface area (Å²) >= 11 is 0. The van der Waals surface area contributed by atoms with E-state index in [2.05, 4.69) is 12.2 Å². The van der Waals surface area contributed by atoms with Crippen LogP contribution in [0.25, 0.3) is 0 Å². The normalized spacial score (nSPS) is 13.9. The number of hydrogen-bond acceptors (Lipinski definition) is 5. The predicted molar refractivity (Wildman–Crippen MR) is 72.0 cm³/mol. The number of nitrogens with two attached hydrogens (primary N) is 1. The van der Waals surface area contributed by atoms with Crippen molar-refractivity contribution in [3.63, 3.8) is 0 Å². The Kier molecular flexibility index (Phi) is 10.00. The quantitative estimate of drug-likeness (QED) is 0.430. The topological polar surface area (TPSA) is 65.7 Å². The van der Waals surface area contributed by atoms with Crippen molar-refractivity contribution in [3.8, 4) is 0 Å². The van der Waals surface area contributed by atoms with Gasteiger partial charge in [0, 0.05) is 45.0 Å². The summed E-state index contributed by atoms with van der Waals surface area (Å²) in [5, 5.41) is 3.29. The third-order valence-corrected chi connectivity index (χ3v) is 5.90. The van der Waals surface area contributed by atoms with Gasteiger partial charge in [-0.2, -0.15) is 0 Å². The molecule has 0 aliphatic heterocycles. The fraction of sp³-hybridized carbons (Fsp3) is 1.00. The average Bonchev–Trinajstić information content (AvgIpc) is 2.30. The van der Waals surface area contributed by atoms with Crippen molar-refractivity contribution in [1.29, 1.82) is 0 Å². The first-order valence-corrected chi connectivity index (χ1v) is 8.29. The van der Waals surface area contributed by atoms with Crippen LogP contribution >= 0.6 is 0 Å². The van der Waals surface area contributed by atoms with E-state index in [4.69, 9.17) is 19.0 Å². The molecule has 1 atom stereocenters. The summed E-state index contributed by atoms with van der Waals surface area (Å²) in [4.78, 5) is 0. The maximum atomic E-state index is 5.83. The van der Waals surface area contributed by atoms with Gasteiger partial charge in [-0.3, -0.25) is 0 Å². The first kappa shape index (κ1) is 17.0. The van der Waals surface area contributed by atoms with E-state index in [1.807, 2.05) is 20.8 Å². The minimum atomic E-state index is -2.55. The first-order valence-electron chi connectivity index (χ1n) is 6.49. The molecule has 0 aliphatic rings. The second-order valence-corrected chi connectivity index (χ2v) is 6.86. The second-order valence-electron chi connectivity index (χ2n) is 3.80. The van der Waals surface area contributed by atoms with Gasteiger partial charge in [-0.1, -0.05) is 6.92 Å². The van der Waals surface area contributed by atoms with Gasteiger partial charge < -0.3 is 24.3 Å². The Morgan fingerprint density at radius 2 is 1.53 bits per heavy atom. The molecule has 0 heterocycles. The Bertz CT molecular complexity index is 167. The lowest BCUT2D eigenvalue weighted by Gasteiger charge is -2.33. The van der Waals surface area contributed by atoms with Crippen LogP contribution in [0.3, 0.4) is 0 Å². The lowest BCUT2D eigenvalue weighted by molar-refractivity contribution is 0.0624. The molecule has 0 fully saturated rings. The Morgan fingerprint density at radius 1 is 1.06 bits per heavy atom. The summed E-state index contributed by atoms with van der Waals surface area (Å²) in [6.45, 7) is 12.1. The smallest absolute Gasteiger partial charge is 0.374 e. The summed E-state index contributed by atoms with van der Waals surface area (Å²) < 4.78 is 17.5. The lowest BCUT2D eigenvalue weighted by Crippen LogP contribution is -2.52. The van der Waals surface area contributed by atoms with Crippen LogP contribution in [0, 0.1) is 0 Å². The van der Waals surface area contributed by atoms with Crippen LogP contribution in [-0.2, 0) is 13.3 Å². The van der Waals surface area contributed by atoms with Crippen molar-refractivity contribution in [3.05, 3.63) is 0 Å². The second kappa shape index (κ2) is 9.99. The monoisotopic (exact) mass is 264 g/mol. The molecule has 0 saturated carbocycles. The molecular formula is C11H28N2O3Si.